The topological polar surface area (TPSA) is 83.5 Å². The van der Waals surface area contributed by atoms with Gasteiger partial charge in [0.1, 0.15) is 5.56 Å². The lowest BCUT2D eigenvalue weighted by Crippen LogP contribution is -2.49. The Balaban J connectivity index is 2.07. The van der Waals surface area contributed by atoms with E-state index in [4.69, 9.17) is 23.7 Å². The molecule has 0 spiro atoms. The summed E-state index contributed by atoms with van der Waals surface area (Å²) in [7, 11) is 4.34. The second-order valence-electron chi connectivity index (χ2n) is 6.01. The molecule has 2 rings (SSSR count). The molecule has 2 atom stereocenters. The van der Waals surface area contributed by atoms with Crippen LogP contribution in [0.4, 0.5) is 0 Å². The molecule has 144 valence electrons. The van der Waals surface area contributed by atoms with Crippen molar-refractivity contribution < 1.29 is 33.3 Å². The van der Waals surface area contributed by atoms with Crippen LogP contribution in [0.25, 0.3) is 0 Å². The normalized spacial score (nSPS) is 19.7. The average Bonchev–Trinajstić information content (AvgIpc) is 2.63. The lowest BCUT2D eigenvalue weighted by Gasteiger charge is -2.35. The van der Waals surface area contributed by atoms with Gasteiger partial charge in [-0.3, -0.25) is 4.79 Å². The Morgan fingerprint density at radius 3 is 2.19 bits per heavy atom. The number of amides is 1. The molecule has 1 saturated heterocycles. The Morgan fingerprint density at radius 2 is 1.65 bits per heavy atom. The Hall–Kier alpha value is -2.48. The third kappa shape index (κ3) is 4.37. The van der Waals surface area contributed by atoms with Gasteiger partial charge in [0.2, 0.25) is 5.75 Å². The van der Waals surface area contributed by atoms with Crippen molar-refractivity contribution in [2.75, 3.05) is 41.0 Å². The second-order valence-corrected chi connectivity index (χ2v) is 6.01. The molecule has 1 heterocycles. The average molecular weight is 367 g/mol. The Kier molecular flexibility index (Phi) is 6.68. The number of carbonyl (C=O) groups excluding carboxylic acids is 2. The van der Waals surface area contributed by atoms with E-state index in [1.165, 1.54) is 27.4 Å². The largest absolute Gasteiger partial charge is 0.493 e. The van der Waals surface area contributed by atoms with Gasteiger partial charge in [0, 0.05) is 13.1 Å². The molecule has 1 aliphatic rings. The minimum atomic E-state index is -0.675. The molecular formula is C18H25NO7. The molecule has 1 aliphatic heterocycles. The van der Waals surface area contributed by atoms with E-state index in [0.717, 1.165) is 0 Å². The van der Waals surface area contributed by atoms with Crippen LogP contribution in [0.2, 0.25) is 0 Å². The van der Waals surface area contributed by atoms with Crippen LogP contribution in [0.5, 0.6) is 17.2 Å². The molecule has 1 aromatic rings. The number of hydrogen-bond acceptors (Lipinski definition) is 7. The fourth-order valence-corrected chi connectivity index (χ4v) is 2.94. The van der Waals surface area contributed by atoms with Crippen LogP contribution in [0.1, 0.15) is 24.2 Å². The summed E-state index contributed by atoms with van der Waals surface area (Å²) in [5.41, 5.74) is 0.154. The van der Waals surface area contributed by atoms with Crippen molar-refractivity contribution in [3.63, 3.8) is 0 Å². The van der Waals surface area contributed by atoms with Crippen LogP contribution in [-0.2, 0) is 14.3 Å². The first kappa shape index (κ1) is 19.8. The number of carbonyl (C=O) groups is 2. The van der Waals surface area contributed by atoms with Crippen LogP contribution in [-0.4, -0.2) is 70.0 Å². The molecule has 0 bridgehead atoms. The van der Waals surface area contributed by atoms with E-state index < -0.39 is 5.97 Å². The van der Waals surface area contributed by atoms with Crippen molar-refractivity contribution in [1.29, 1.82) is 0 Å². The van der Waals surface area contributed by atoms with E-state index in [-0.39, 0.29) is 41.8 Å². The third-order valence-corrected chi connectivity index (χ3v) is 4.02. The lowest BCUT2D eigenvalue weighted by atomic mass is 10.1. The molecule has 0 saturated carbocycles. The lowest BCUT2D eigenvalue weighted by molar-refractivity contribution is -0.146. The summed E-state index contributed by atoms with van der Waals surface area (Å²) >= 11 is 0. The highest BCUT2D eigenvalue weighted by Crippen LogP contribution is 2.39. The summed E-state index contributed by atoms with van der Waals surface area (Å²) in [6.45, 7) is 4.39. The predicted octanol–water partition coefficient (Wildman–Crippen LogP) is 1.51. The van der Waals surface area contributed by atoms with Gasteiger partial charge in [-0.15, -0.1) is 0 Å². The van der Waals surface area contributed by atoms with E-state index in [1.54, 1.807) is 11.0 Å². The summed E-state index contributed by atoms with van der Waals surface area (Å²) in [6, 6.07) is 3.08. The molecule has 1 fully saturated rings. The summed E-state index contributed by atoms with van der Waals surface area (Å²) in [5.74, 6) is -0.0388. The van der Waals surface area contributed by atoms with Crippen LogP contribution >= 0.6 is 0 Å². The van der Waals surface area contributed by atoms with E-state index in [1.807, 2.05) is 13.8 Å². The van der Waals surface area contributed by atoms with Crippen molar-refractivity contribution >= 4 is 11.9 Å². The highest BCUT2D eigenvalue weighted by molar-refractivity contribution is 5.95. The first-order valence-corrected chi connectivity index (χ1v) is 8.30. The molecule has 8 nitrogen and oxygen atoms in total. The maximum Gasteiger partial charge on any atom is 0.342 e. The summed E-state index contributed by atoms with van der Waals surface area (Å²) in [5, 5.41) is 0. The quantitative estimate of drug-likeness (QED) is 0.705. The summed E-state index contributed by atoms with van der Waals surface area (Å²) in [4.78, 5) is 26.4. The van der Waals surface area contributed by atoms with Crippen molar-refractivity contribution in [2.24, 2.45) is 0 Å². The Labute approximate surface area is 152 Å². The van der Waals surface area contributed by atoms with Gasteiger partial charge < -0.3 is 28.6 Å². The molecule has 0 aliphatic carbocycles. The maximum absolute atomic E-state index is 12.4. The standard InChI is InChI=1S/C18H25NO7/c1-11-8-19(9-12(2)26-11)15(20)10-25-18(21)13-6-7-14(22-3)17(24-5)16(13)23-4/h6-7,11-12H,8-10H2,1-5H3. The highest BCUT2D eigenvalue weighted by Gasteiger charge is 2.27. The number of benzene rings is 1. The zero-order chi connectivity index (χ0) is 19.3. The van der Waals surface area contributed by atoms with E-state index in [9.17, 15) is 9.59 Å². The van der Waals surface area contributed by atoms with Crippen LogP contribution < -0.4 is 14.2 Å². The van der Waals surface area contributed by atoms with Gasteiger partial charge in [0.25, 0.3) is 5.91 Å². The zero-order valence-corrected chi connectivity index (χ0v) is 15.7. The van der Waals surface area contributed by atoms with Crippen molar-refractivity contribution in [1.82, 2.24) is 4.90 Å². The monoisotopic (exact) mass is 367 g/mol. The number of hydrogen-bond donors (Lipinski definition) is 0. The van der Waals surface area contributed by atoms with Crippen molar-refractivity contribution in [2.45, 2.75) is 26.1 Å². The van der Waals surface area contributed by atoms with Gasteiger partial charge in [-0.1, -0.05) is 0 Å². The Morgan fingerprint density at radius 1 is 1.04 bits per heavy atom. The summed E-state index contributed by atoms with van der Waals surface area (Å²) in [6.07, 6.45) is -0.103. The number of methoxy groups -OCH3 is 3. The second kappa shape index (κ2) is 8.75. The zero-order valence-electron chi connectivity index (χ0n) is 15.7. The van der Waals surface area contributed by atoms with Crippen LogP contribution in [0, 0.1) is 0 Å². The predicted molar refractivity (Wildman–Crippen MR) is 93.0 cm³/mol. The SMILES string of the molecule is COc1ccc(C(=O)OCC(=O)N2CC(C)OC(C)C2)c(OC)c1OC. The fraction of sp³-hybridized carbons (Fsp3) is 0.556. The van der Waals surface area contributed by atoms with E-state index in [2.05, 4.69) is 0 Å². The number of rotatable bonds is 6. The van der Waals surface area contributed by atoms with Gasteiger partial charge in [0.05, 0.1) is 33.5 Å². The number of nitrogens with zero attached hydrogens (tertiary/aromatic N) is 1. The smallest absolute Gasteiger partial charge is 0.342 e. The van der Waals surface area contributed by atoms with Gasteiger partial charge in [-0.25, -0.2) is 4.79 Å². The molecular weight excluding hydrogens is 342 g/mol. The van der Waals surface area contributed by atoms with Crippen LogP contribution in [0.15, 0.2) is 12.1 Å². The first-order valence-electron chi connectivity index (χ1n) is 8.30. The van der Waals surface area contributed by atoms with Gasteiger partial charge >= 0.3 is 5.97 Å². The Bertz CT molecular complexity index is 651. The molecule has 8 heteroatoms. The van der Waals surface area contributed by atoms with Crippen molar-refractivity contribution in [3.8, 4) is 17.2 Å². The van der Waals surface area contributed by atoms with Gasteiger partial charge in [-0.2, -0.15) is 0 Å². The first-order chi connectivity index (χ1) is 12.4. The molecule has 0 aromatic heterocycles. The van der Waals surface area contributed by atoms with E-state index in [0.29, 0.717) is 18.8 Å². The molecule has 0 N–H and O–H groups in total. The molecule has 0 radical (unpaired) electrons. The highest BCUT2D eigenvalue weighted by atomic mass is 16.5. The van der Waals surface area contributed by atoms with Crippen LogP contribution in [0.3, 0.4) is 0 Å². The summed E-state index contributed by atoms with van der Waals surface area (Å²) < 4.78 is 26.5. The van der Waals surface area contributed by atoms with Gasteiger partial charge in [0.15, 0.2) is 18.1 Å². The fourth-order valence-electron chi connectivity index (χ4n) is 2.94. The van der Waals surface area contributed by atoms with E-state index >= 15 is 0 Å². The minimum Gasteiger partial charge on any atom is -0.493 e. The number of ether oxygens (including phenoxy) is 5. The molecule has 1 aromatic carbocycles. The minimum absolute atomic E-state index is 0.0515. The van der Waals surface area contributed by atoms with Gasteiger partial charge in [-0.05, 0) is 26.0 Å². The molecule has 1 amide bonds. The maximum atomic E-state index is 12.4. The van der Waals surface area contributed by atoms with Crippen molar-refractivity contribution in [3.05, 3.63) is 17.7 Å². The number of esters is 1. The molecule has 2 unspecified atom stereocenters. The third-order valence-electron chi connectivity index (χ3n) is 4.02. The molecule has 26 heavy (non-hydrogen) atoms. The number of morpholine rings is 1.